The molecule has 0 heterocycles. The number of ketones is 1. The van der Waals surface area contributed by atoms with Gasteiger partial charge in [-0.1, -0.05) is 0 Å². The third-order valence-corrected chi connectivity index (χ3v) is 3.50. The summed E-state index contributed by atoms with van der Waals surface area (Å²) in [5.74, 6) is -0.0448. The van der Waals surface area contributed by atoms with E-state index < -0.39 is 4.87 Å². The first-order chi connectivity index (χ1) is 4.89. The van der Waals surface area contributed by atoms with E-state index in [0.717, 1.165) is 5.57 Å². The maximum Gasteiger partial charge on any atom is 0.181 e. The molecule has 0 aromatic rings. The van der Waals surface area contributed by atoms with Crippen molar-refractivity contribution in [1.82, 2.24) is 0 Å². The van der Waals surface area contributed by atoms with Crippen LogP contribution in [0.4, 0.5) is 0 Å². The maximum absolute atomic E-state index is 11.4. The predicted molar refractivity (Wildman–Crippen MR) is 47.3 cm³/mol. The van der Waals surface area contributed by atoms with E-state index in [1.807, 2.05) is 6.92 Å². The van der Waals surface area contributed by atoms with Gasteiger partial charge in [0.25, 0.3) is 0 Å². The Hall–Kier alpha value is -0.0100. The van der Waals surface area contributed by atoms with Crippen LogP contribution in [0, 0.1) is 0 Å². The second kappa shape index (κ2) is 2.49. The van der Waals surface area contributed by atoms with Crippen LogP contribution in [0.5, 0.6) is 0 Å². The molecule has 1 aliphatic carbocycles. The van der Waals surface area contributed by atoms with Crippen molar-refractivity contribution in [1.29, 1.82) is 0 Å². The van der Waals surface area contributed by atoms with Crippen LogP contribution in [-0.4, -0.2) is 16.0 Å². The van der Waals surface area contributed by atoms with Crippen LogP contribution in [0.1, 0.15) is 20.8 Å². The zero-order valence-corrected chi connectivity index (χ0v) is 8.25. The molecule has 0 unspecified atom stereocenters. The average Bonchev–Trinajstić information content (AvgIpc) is 2.06. The molecule has 3 heteroatoms. The zero-order chi connectivity index (χ0) is 8.81. The van der Waals surface area contributed by atoms with Crippen molar-refractivity contribution in [2.24, 2.45) is 0 Å². The van der Waals surface area contributed by atoms with Crippen LogP contribution in [0.25, 0.3) is 0 Å². The molecular weight excluding hydrogens is 183 g/mol. The third-order valence-electron chi connectivity index (χ3n) is 2.23. The predicted octanol–water partition coefficient (Wildman–Crippen LogP) is 2.51. The van der Waals surface area contributed by atoms with Gasteiger partial charge in [-0.15, -0.1) is 23.2 Å². The fraction of sp³-hybridized carbons (Fsp3) is 0.625. The number of rotatable bonds is 0. The summed E-state index contributed by atoms with van der Waals surface area (Å²) in [6.07, 6.45) is 0. The molecule has 11 heavy (non-hydrogen) atoms. The first-order valence-corrected chi connectivity index (χ1v) is 4.25. The Bertz CT molecular complexity index is 240. The second-order valence-electron chi connectivity index (χ2n) is 3.08. The smallest absolute Gasteiger partial charge is 0.181 e. The second-order valence-corrected chi connectivity index (χ2v) is 4.30. The summed E-state index contributed by atoms with van der Waals surface area (Å²) in [7, 11) is 0. The molecule has 0 bridgehead atoms. The molecular formula is C8H10Cl2O. The quantitative estimate of drug-likeness (QED) is 0.540. The van der Waals surface area contributed by atoms with Crippen LogP contribution in [0.15, 0.2) is 11.1 Å². The van der Waals surface area contributed by atoms with Gasteiger partial charge in [-0.05, 0) is 31.9 Å². The zero-order valence-electron chi connectivity index (χ0n) is 6.74. The molecule has 2 atom stereocenters. The van der Waals surface area contributed by atoms with Crippen molar-refractivity contribution in [3.05, 3.63) is 11.1 Å². The number of allylic oxidation sites excluding steroid dienone is 2. The van der Waals surface area contributed by atoms with E-state index in [0.29, 0.717) is 5.57 Å². The summed E-state index contributed by atoms with van der Waals surface area (Å²) >= 11 is 11.9. The minimum Gasteiger partial charge on any atom is -0.292 e. The normalized spacial score (nSPS) is 38.6. The Labute approximate surface area is 76.4 Å². The summed E-state index contributed by atoms with van der Waals surface area (Å²) in [4.78, 5) is 10.5. The molecule has 1 aliphatic rings. The molecule has 0 aromatic carbocycles. The Morgan fingerprint density at radius 3 is 2.00 bits per heavy atom. The van der Waals surface area contributed by atoms with E-state index in [1.165, 1.54) is 0 Å². The summed E-state index contributed by atoms with van der Waals surface area (Å²) < 4.78 is 0. The van der Waals surface area contributed by atoms with Gasteiger partial charge in [-0.25, -0.2) is 0 Å². The summed E-state index contributed by atoms with van der Waals surface area (Å²) in [5, 5.41) is -0.350. The molecule has 1 rings (SSSR count). The first kappa shape index (κ1) is 9.08. The molecule has 0 N–H and O–H groups in total. The van der Waals surface area contributed by atoms with Gasteiger partial charge in [0.1, 0.15) is 4.87 Å². The molecule has 0 amide bonds. The lowest BCUT2D eigenvalue weighted by Gasteiger charge is -2.18. The number of alkyl halides is 2. The number of carbonyl (C=O) groups excluding carboxylic acids is 1. The lowest BCUT2D eigenvalue weighted by atomic mass is 10.1. The molecule has 0 radical (unpaired) electrons. The molecule has 0 aliphatic heterocycles. The van der Waals surface area contributed by atoms with Gasteiger partial charge in [-0.2, -0.15) is 0 Å². The van der Waals surface area contributed by atoms with Crippen LogP contribution < -0.4 is 0 Å². The monoisotopic (exact) mass is 192 g/mol. The molecule has 0 spiro atoms. The summed E-state index contributed by atoms with van der Waals surface area (Å²) in [5.41, 5.74) is 1.61. The van der Waals surface area contributed by atoms with Crippen molar-refractivity contribution in [2.75, 3.05) is 0 Å². The maximum atomic E-state index is 11.4. The lowest BCUT2D eigenvalue weighted by molar-refractivity contribution is -0.116. The highest BCUT2D eigenvalue weighted by Crippen LogP contribution is 2.39. The number of hydrogen-bond acceptors (Lipinski definition) is 1. The Morgan fingerprint density at radius 1 is 1.45 bits per heavy atom. The molecule has 62 valence electrons. The van der Waals surface area contributed by atoms with Crippen molar-refractivity contribution in [2.45, 2.75) is 31.0 Å². The molecule has 1 nitrogen and oxygen atoms in total. The highest BCUT2D eigenvalue weighted by Gasteiger charge is 2.46. The minimum atomic E-state index is -0.921. The fourth-order valence-electron chi connectivity index (χ4n) is 1.26. The van der Waals surface area contributed by atoms with Crippen LogP contribution in [0.2, 0.25) is 0 Å². The number of Topliss-reactive ketones (excluding diaryl/α,β-unsaturated/α-hetero) is 1. The van der Waals surface area contributed by atoms with E-state index in [-0.39, 0.29) is 11.2 Å². The van der Waals surface area contributed by atoms with Gasteiger partial charge in [0.05, 0.1) is 5.38 Å². The number of carbonyl (C=O) groups is 1. The van der Waals surface area contributed by atoms with Crippen molar-refractivity contribution >= 4 is 29.0 Å². The van der Waals surface area contributed by atoms with Crippen molar-refractivity contribution in [3.63, 3.8) is 0 Å². The van der Waals surface area contributed by atoms with Crippen LogP contribution >= 0.6 is 23.2 Å². The highest BCUT2D eigenvalue weighted by atomic mass is 35.5. The summed E-state index contributed by atoms with van der Waals surface area (Å²) in [6, 6.07) is 0. The Morgan fingerprint density at radius 2 is 1.91 bits per heavy atom. The lowest BCUT2D eigenvalue weighted by Crippen LogP contribution is -2.32. The molecule has 0 saturated carbocycles. The van der Waals surface area contributed by atoms with Gasteiger partial charge >= 0.3 is 0 Å². The van der Waals surface area contributed by atoms with E-state index in [1.54, 1.807) is 13.8 Å². The number of hydrogen-bond donors (Lipinski definition) is 0. The molecule has 0 fully saturated rings. The van der Waals surface area contributed by atoms with Gasteiger partial charge in [0.15, 0.2) is 5.78 Å². The topological polar surface area (TPSA) is 17.1 Å². The van der Waals surface area contributed by atoms with E-state index >= 15 is 0 Å². The van der Waals surface area contributed by atoms with E-state index in [2.05, 4.69) is 0 Å². The Kier molecular flexibility index (Phi) is 2.06. The van der Waals surface area contributed by atoms with Gasteiger partial charge < -0.3 is 0 Å². The standard InChI is InChI=1S/C8H10Cl2O/c1-4-5(2)7(11)8(3,10)6(4)9/h6H,1-3H3/t6-,8+/m0/s1. The van der Waals surface area contributed by atoms with Gasteiger partial charge in [0.2, 0.25) is 0 Å². The van der Waals surface area contributed by atoms with Crippen molar-refractivity contribution in [3.8, 4) is 0 Å². The van der Waals surface area contributed by atoms with Crippen molar-refractivity contribution < 1.29 is 4.79 Å². The van der Waals surface area contributed by atoms with Gasteiger partial charge in [0, 0.05) is 0 Å². The highest BCUT2D eigenvalue weighted by molar-refractivity contribution is 6.45. The third kappa shape index (κ3) is 1.11. The fourth-order valence-corrected chi connectivity index (χ4v) is 1.83. The minimum absolute atomic E-state index is 0.0448. The van der Waals surface area contributed by atoms with Gasteiger partial charge in [-0.3, -0.25) is 4.79 Å². The van der Waals surface area contributed by atoms with E-state index in [4.69, 9.17) is 23.2 Å². The first-order valence-electron chi connectivity index (χ1n) is 3.44. The van der Waals surface area contributed by atoms with Crippen LogP contribution in [0.3, 0.4) is 0 Å². The average molecular weight is 193 g/mol. The Balaban J connectivity index is 3.13. The number of halogens is 2. The summed E-state index contributed by atoms with van der Waals surface area (Å²) in [6.45, 7) is 5.27. The van der Waals surface area contributed by atoms with Crippen LogP contribution in [-0.2, 0) is 4.79 Å². The molecule has 0 aromatic heterocycles. The SMILES string of the molecule is CC1=C(C)[C@H](Cl)[C@@](C)(Cl)C1=O. The largest absolute Gasteiger partial charge is 0.292 e. The van der Waals surface area contributed by atoms with E-state index in [9.17, 15) is 4.79 Å². The molecule has 0 saturated heterocycles.